The summed E-state index contributed by atoms with van der Waals surface area (Å²) in [5.74, 6) is -0.0526. The molecule has 4 nitrogen and oxygen atoms in total. The predicted octanol–water partition coefficient (Wildman–Crippen LogP) is 1.22. The first-order chi connectivity index (χ1) is 9.20. The molecule has 1 amide bonds. The number of carbonyl (C=O) groups is 1. The summed E-state index contributed by atoms with van der Waals surface area (Å²) in [6, 6.07) is 7.65. The standard InChI is InChI=1S/C15H22N2O2/c16-9-8-11-4-1-2-7-14(11)15(19)17-12-5-3-6-13(18)10-12/h1-2,4,7,12-13,18H,3,5-6,8-10,16H2,(H,17,19). The van der Waals surface area contributed by atoms with Crippen LogP contribution in [0.1, 0.15) is 41.6 Å². The molecule has 0 heterocycles. The first-order valence-electron chi connectivity index (χ1n) is 6.97. The Morgan fingerprint density at radius 1 is 1.37 bits per heavy atom. The zero-order valence-corrected chi connectivity index (χ0v) is 11.1. The van der Waals surface area contributed by atoms with Crippen molar-refractivity contribution >= 4 is 5.91 Å². The normalized spacial score (nSPS) is 23.1. The number of carbonyl (C=O) groups excluding carboxylic acids is 1. The first kappa shape index (κ1) is 14.0. The van der Waals surface area contributed by atoms with Crippen LogP contribution in [0.15, 0.2) is 24.3 Å². The zero-order chi connectivity index (χ0) is 13.7. The van der Waals surface area contributed by atoms with Gasteiger partial charge in [0, 0.05) is 11.6 Å². The van der Waals surface area contributed by atoms with Crippen LogP contribution in [-0.4, -0.2) is 29.7 Å². The molecule has 1 aromatic rings. The van der Waals surface area contributed by atoms with Crippen LogP contribution in [0.4, 0.5) is 0 Å². The van der Waals surface area contributed by atoms with Crippen LogP contribution >= 0.6 is 0 Å². The van der Waals surface area contributed by atoms with Crippen molar-refractivity contribution in [2.24, 2.45) is 5.73 Å². The van der Waals surface area contributed by atoms with Crippen LogP contribution in [0.25, 0.3) is 0 Å². The molecule has 1 aliphatic rings. The van der Waals surface area contributed by atoms with Crippen molar-refractivity contribution in [3.8, 4) is 0 Å². The van der Waals surface area contributed by atoms with E-state index < -0.39 is 0 Å². The summed E-state index contributed by atoms with van der Waals surface area (Å²) in [6.45, 7) is 0.534. The predicted molar refractivity (Wildman–Crippen MR) is 74.9 cm³/mol. The Morgan fingerprint density at radius 3 is 2.89 bits per heavy atom. The van der Waals surface area contributed by atoms with E-state index in [4.69, 9.17) is 5.73 Å². The Kier molecular flexibility index (Phi) is 4.93. The number of nitrogens with two attached hydrogens (primary N) is 1. The molecule has 2 atom stereocenters. The molecule has 0 bridgehead atoms. The lowest BCUT2D eigenvalue weighted by atomic mass is 9.92. The summed E-state index contributed by atoms with van der Waals surface area (Å²) in [7, 11) is 0. The number of aliphatic hydroxyl groups is 1. The molecule has 104 valence electrons. The third-order valence-electron chi connectivity index (χ3n) is 3.66. The van der Waals surface area contributed by atoms with Crippen LogP contribution < -0.4 is 11.1 Å². The molecule has 0 spiro atoms. The van der Waals surface area contributed by atoms with Gasteiger partial charge in [-0.2, -0.15) is 0 Å². The molecule has 2 unspecified atom stereocenters. The number of nitrogens with one attached hydrogen (secondary N) is 1. The fourth-order valence-corrected chi connectivity index (χ4v) is 2.67. The largest absolute Gasteiger partial charge is 0.393 e. The van der Waals surface area contributed by atoms with Gasteiger partial charge < -0.3 is 16.2 Å². The van der Waals surface area contributed by atoms with Gasteiger partial charge in [0.1, 0.15) is 0 Å². The Bertz CT molecular complexity index is 434. The van der Waals surface area contributed by atoms with Gasteiger partial charge in [-0.15, -0.1) is 0 Å². The van der Waals surface area contributed by atoms with E-state index in [-0.39, 0.29) is 18.1 Å². The third-order valence-corrected chi connectivity index (χ3v) is 3.66. The highest BCUT2D eigenvalue weighted by atomic mass is 16.3. The second-order valence-electron chi connectivity index (χ2n) is 5.19. The van der Waals surface area contributed by atoms with Gasteiger partial charge in [0.05, 0.1) is 6.10 Å². The Morgan fingerprint density at radius 2 is 2.16 bits per heavy atom. The Labute approximate surface area is 114 Å². The van der Waals surface area contributed by atoms with E-state index in [0.29, 0.717) is 24.9 Å². The molecule has 1 aliphatic carbocycles. The average molecular weight is 262 g/mol. The van der Waals surface area contributed by atoms with Gasteiger partial charge in [-0.25, -0.2) is 0 Å². The van der Waals surface area contributed by atoms with Gasteiger partial charge in [-0.1, -0.05) is 18.2 Å². The van der Waals surface area contributed by atoms with Crippen LogP contribution in [0, 0.1) is 0 Å². The number of aliphatic hydroxyl groups excluding tert-OH is 1. The first-order valence-corrected chi connectivity index (χ1v) is 6.97. The molecule has 1 aromatic carbocycles. The topological polar surface area (TPSA) is 75.4 Å². The molecule has 4 N–H and O–H groups in total. The van der Waals surface area contributed by atoms with Gasteiger partial charge in [0.15, 0.2) is 0 Å². The van der Waals surface area contributed by atoms with Gasteiger partial charge >= 0.3 is 0 Å². The SMILES string of the molecule is NCCc1ccccc1C(=O)NC1CCCC(O)C1. The number of rotatable bonds is 4. The fraction of sp³-hybridized carbons (Fsp3) is 0.533. The fourth-order valence-electron chi connectivity index (χ4n) is 2.67. The highest BCUT2D eigenvalue weighted by Crippen LogP contribution is 2.19. The van der Waals surface area contributed by atoms with Crippen LogP contribution in [0.5, 0.6) is 0 Å². The molecule has 4 heteroatoms. The van der Waals surface area contributed by atoms with E-state index >= 15 is 0 Å². The van der Waals surface area contributed by atoms with E-state index in [1.807, 2.05) is 24.3 Å². The second kappa shape index (κ2) is 6.68. The van der Waals surface area contributed by atoms with Crippen LogP contribution in [-0.2, 0) is 6.42 Å². The molecule has 0 radical (unpaired) electrons. The molecule has 0 saturated heterocycles. The monoisotopic (exact) mass is 262 g/mol. The molecule has 0 aromatic heterocycles. The summed E-state index contributed by atoms with van der Waals surface area (Å²) < 4.78 is 0. The van der Waals surface area contributed by atoms with Crippen molar-refractivity contribution in [3.05, 3.63) is 35.4 Å². The average Bonchev–Trinajstić information content (AvgIpc) is 2.39. The van der Waals surface area contributed by atoms with Crippen molar-refractivity contribution < 1.29 is 9.90 Å². The summed E-state index contributed by atoms with van der Waals surface area (Å²) in [5, 5.41) is 12.7. The quantitative estimate of drug-likeness (QED) is 0.763. The molecule has 19 heavy (non-hydrogen) atoms. The summed E-state index contributed by atoms with van der Waals surface area (Å²) in [6.07, 6.45) is 3.84. The lowest BCUT2D eigenvalue weighted by Crippen LogP contribution is -2.40. The molecular formula is C15H22N2O2. The third kappa shape index (κ3) is 3.78. The van der Waals surface area contributed by atoms with E-state index in [2.05, 4.69) is 5.32 Å². The number of amides is 1. The minimum absolute atomic E-state index is 0.0526. The number of benzene rings is 1. The van der Waals surface area contributed by atoms with E-state index in [0.717, 1.165) is 24.8 Å². The van der Waals surface area contributed by atoms with Gasteiger partial charge in [-0.3, -0.25) is 4.79 Å². The van der Waals surface area contributed by atoms with Gasteiger partial charge in [-0.05, 0) is 50.3 Å². The van der Waals surface area contributed by atoms with Crippen molar-refractivity contribution in [1.82, 2.24) is 5.32 Å². The summed E-state index contributed by atoms with van der Waals surface area (Å²) >= 11 is 0. The Hall–Kier alpha value is -1.39. The second-order valence-corrected chi connectivity index (χ2v) is 5.19. The van der Waals surface area contributed by atoms with Crippen LogP contribution in [0.3, 0.4) is 0 Å². The van der Waals surface area contributed by atoms with E-state index in [1.54, 1.807) is 0 Å². The smallest absolute Gasteiger partial charge is 0.251 e. The summed E-state index contributed by atoms with van der Waals surface area (Å²) in [5.41, 5.74) is 7.25. The maximum Gasteiger partial charge on any atom is 0.251 e. The lowest BCUT2D eigenvalue weighted by Gasteiger charge is -2.27. The minimum Gasteiger partial charge on any atom is -0.393 e. The highest BCUT2D eigenvalue weighted by Gasteiger charge is 2.22. The maximum absolute atomic E-state index is 12.3. The van der Waals surface area contributed by atoms with E-state index in [9.17, 15) is 9.90 Å². The van der Waals surface area contributed by atoms with Crippen molar-refractivity contribution in [2.45, 2.75) is 44.2 Å². The molecule has 0 aliphatic heterocycles. The molecule has 1 saturated carbocycles. The molecule has 2 rings (SSSR count). The summed E-state index contributed by atoms with van der Waals surface area (Å²) in [4.78, 5) is 12.3. The Balaban J connectivity index is 2.03. The maximum atomic E-state index is 12.3. The van der Waals surface area contributed by atoms with Crippen molar-refractivity contribution in [2.75, 3.05) is 6.54 Å². The van der Waals surface area contributed by atoms with Crippen molar-refractivity contribution in [1.29, 1.82) is 0 Å². The minimum atomic E-state index is -0.279. The van der Waals surface area contributed by atoms with Gasteiger partial charge in [0.2, 0.25) is 0 Å². The van der Waals surface area contributed by atoms with Crippen LogP contribution in [0.2, 0.25) is 0 Å². The highest BCUT2D eigenvalue weighted by molar-refractivity contribution is 5.95. The van der Waals surface area contributed by atoms with Crippen molar-refractivity contribution in [3.63, 3.8) is 0 Å². The zero-order valence-electron chi connectivity index (χ0n) is 11.1. The molecular weight excluding hydrogens is 240 g/mol. The van der Waals surface area contributed by atoms with E-state index in [1.165, 1.54) is 0 Å². The lowest BCUT2D eigenvalue weighted by molar-refractivity contribution is 0.0849. The van der Waals surface area contributed by atoms with Gasteiger partial charge in [0.25, 0.3) is 5.91 Å². The number of hydrogen-bond donors (Lipinski definition) is 3. The molecule has 1 fully saturated rings. The number of hydrogen-bond acceptors (Lipinski definition) is 3.